The molecule has 0 atom stereocenters. The molecular formula is C76H57ClF8Ir2K2N6O9-4. The summed E-state index contributed by atoms with van der Waals surface area (Å²) in [6.45, 7) is 7.45. The van der Waals surface area contributed by atoms with Crippen LogP contribution in [0.5, 0.6) is 11.5 Å². The molecule has 3 N–H and O–H groups in total. The summed E-state index contributed by atoms with van der Waals surface area (Å²) in [5.41, 5.74) is 6.40. The van der Waals surface area contributed by atoms with Gasteiger partial charge < -0.3 is 51.6 Å². The van der Waals surface area contributed by atoms with Crippen LogP contribution in [0.25, 0.3) is 57.2 Å². The minimum absolute atomic E-state index is 0. The van der Waals surface area contributed by atoms with Crippen molar-refractivity contribution in [3.05, 3.63) is 349 Å². The molecule has 0 bridgehead atoms. The van der Waals surface area contributed by atoms with E-state index in [1.165, 1.54) is 24.5 Å². The molecule has 6 aromatic heterocycles. The molecule has 6 heterocycles. The molecule has 0 unspecified atom stereocenters. The van der Waals surface area contributed by atoms with Gasteiger partial charge in [-0.2, -0.15) is 0 Å². The molecule has 0 saturated heterocycles. The Balaban J connectivity index is 0. The number of carbonyl (C=O) groups excluding carboxylic acids is 1. The summed E-state index contributed by atoms with van der Waals surface area (Å²) in [6.07, 6.45) is 12.5. The van der Waals surface area contributed by atoms with Crippen LogP contribution in [-0.4, -0.2) is 63.6 Å². The zero-order valence-electron chi connectivity index (χ0n) is 55.0. The third kappa shape index (κ3) is 34.3. The molecular weight excluding hydrogens is 1790 g/mol. The van der Waals surface area contributed by atoms with Crippen molar-refractivity contribution in [1.82, 2.24) is 29.9 Å². The van der Waals surface area contributed by atoms with Crippen molar-refractivity contribution in [2.75, 3.05) is 0 Å². The van der Waals surface area contributed by atoms with E-state index < -0.39 is 58.5 Å². The summed E-state index contributed by atoms with van der Waals surface area (Å²) in [5.74, 6) is -6.93. The molecule has 12 aromatic rings. The van der Waals surface area contributed by atoms with Crippen molar-refractivity contribution in [3.63, 3.8) is 0 Å². The van der Waals surface area contributed by atoms with Crippen molar-refractivity contribution in [3.8, 4) is 56.5 Å². The predicted molar refractivity (Wildman–Crippen MR) is 360 cm³/mol. The van der Waals surface area contributed by atoms with Gasteiger partial charge in [0.05, 0.1) is 0 Å². The second kappa shape index (κ2) is 53.7. The number of alkyl halides is 1. The topological polar surface area (TPSA) is 231 Å². The van der Waals surface area contributed by atoms with Crippen LogP contribution in [0.2, 0.25) is 0 Å². The van der Waals surface area contributed by atoms with E-state index >= 15 is 0 Å². The van der Waals surface area contributed by atoms with E-state index in [0.29, 0.717) is 35.3 Å². The summed E-state index contributed by atoms with van der Waals surface area (Å²) in [7, 11) is 0. The molecule has 0 aliphatic carbocycles. The van der Waals surface area contributed by atoms with E-state index in [-0.39, 0.29) is 203 Å². The Kier molecular flexibility index (Phi) is 49.6. The maximum Gasteiger partial charge on any atom is 1.00 e. The van der Waals surface area contributed by atoms with Gasteiger partial charge >= 0.3 is 115 Å². The number of rotatable bonds is 13. The first-order valence-corrected chi connectivity index (χ1v) is 28.8. The zero-order chi connectivity index (χ0) is 71.9. The van der Waals surface area contributed by atoms with Gasteiger partial charge in [-0.15, -0.1) is 60.1 Å². The second-order valence-electron chi connectivity index (χ2n) is 18.9. The Morgan fingerprint density at radius 3 is 1.02 bits per heavy atom. The number of nitrogens with zero attached hydrogens (tertiary/aromatic N) is 6. The average Bonchev–Trinajstić information content (AvgIpc) is 0.867. The fourth-order valence-electron chi connectivity index (χ4n) is 7.49. The summed E-state index contributed by atoms with van der Waals surface area (Å²) >= 11 is 5.60. The number of aromatic carboxylic acids is 2. The number of aromatic hydroxyl groups is 1. The van der Waals surface area contributed by atoms with Gasteiger partial charge in [-0.3, -0.25) is 39.9 Å². The van der Waals surface area contributed by atoms with Gasteiger partial charge in [0.2, 0.25) is 0 Å². The number of carboxylic acid groups (broad SMARTS) is 2. The third-order valence-electron chi connectivity index (χ3n) is 12.1. The third-order valence-corrected chi connectivity index (χ3v) is 12.4. The number of carbonyl (C=O) groups is 3. The number of aromatic nitrogens is 6. The Morgan fingerprint density at radius 2 is 0.769 bits per heavy atom. The molecule has 0 aliphatic heterocycles. The molecule has 0 saturated carbocycles. The number of hydrogen-bond donors (Lipinski definition) is 3. The van der Waals surface area contributed by atoms with Crippen LogP contribution >= 0.6 is 11.6 Å². The van der Waals surface area contributed by atoms with Crippen molar-refractivity contribution in [2.24, 2.45) is 0 Å². The molecule has 15 nitrogen and oxygen atoms in total. The number of halogens is 9. The van der Waals surface area contributed by atoms with Gasteiger partial charge in [0, 0.05) is 130 Å². The van der Waals surface area contributed by atoms with Crippen LogP contribution in [0.3, 0.4) is 0 Å². The van der Waals surface area contributed by atoms with Gasteiger partial charge in [0.15, 0.2) is 17.1 Å². The Labute approximate surface area is 712 Å². The minimum atomic E-state index is -1.22. The first kappa shape index (κ1) is 96.0. The molecule has 0 aliphatic rings. The molecule has 12 rings (SSSR count). The maximum absolute atomic E-state index is 13.2. The predicted octanol–water partition coefficient (Wildman–Crippen LogP) is 11.0. The molecule has 0 spiro atoms. The normalized spacial score (nSPS) is 9.25. The maximum atomic E-state index is 13.2. The summed E-state index contributed by atoms with van der Waals surface area (Å²) < 4.78 is 109. The smallest absolute Gasteiger partial charge is 1.00 e. The monoisotopic (exact) mass is 1850 g/mol. The van der Waals surface area contributed by atoms with E-state index in [1.807, 2.05) is 54.6 Å². The average molecular weight is 1850 g/mol. The number of ether oxygens (including phenoxy) is 1. The number of benzene rings is 6. The number of hydrogen-bond acceptors (Lipinski definition) is 13. The SMILES string of the molecule is C.C=Cc1ccc(CCl)cc1.C=Cc1ccc(COc2cccnc2C(=O)O)cc1.Fc1c[c-]c(-c2ccccn2)c(F)c1.Fc1c[c-]c(-c2ccccn2)c(F)c1.Fc1c[c-]c(-c2ccccn2)c(F)c1.Fc1c[c-]c(-c2ccccn2)c(F)c1.O=C(O)c1ncccc1O.O=CO[O-].[H-].[Ir].[Ir].[K+].[K+]. The van der Waals surface area contributed by atoms with Crippen molar-refractivity contribution in [1.29, 1.82) is 0 Å². The van der Waals surface area contributed by atoms with Gasteiger partial charge in [0.25, 0.3) is 6.47 Å². The van der Waals surface area contributed by atoms with Crippen LogP contribution < -0.4 is 113 Å². The van der Waals surface area contributed by atoms with Gasteiger partial charge in [-0.05, 0) is 93.6 Å². The first-order valence-electron chi connectivity index (χ1n) is 28.3. The Morgan fingerprint density at radius 1 is 0.471 bits per heavy atom. The summed E-state index contributed by atoms with van der Waals surface area (Å²) in [4.78, 5) is 55.4. The standard InChI is InChI=1S/C15H13NO3.4C11H6F2N.C9H9Cl.C6H5NO3.CH2O3.CH4.2Ir.2K.H/c1-2-11-5-7-12(8-6-11)10-19-13-4-3-9-16-14(13)15(17)18;4*12-8-4-5-9(10(13)7-8)11-3-1-2-6-14-11;1-2-8-3-5-9(7-10)6-4-8;8-4-2-1-3-7-5(4)6(9)10;2-1-4-3;;;;;;/h2-9H,1,10H2,(H,17,18);4*1-4,6-7H;2-6H,1,7H2;1-3,8H,(H,9,10);1,3H;1H4;;;;;/q;4*-1;;;;;;;2*+1;-1/p-1. The van der Waals surface area contributed by atoms with Crippen molar-refractivity contribution < 1.29 is 224 Å². The number of pyridine rings is 6. The molecule has 6 aromatic carbocycles. The summed E-state index contributed by atoms with van der Waals surface area (Å²) in [6, 6.07) is 59.8. The van der Waals surface area contributed by atoms with Crippen molar-refractivity contribution in [2.45, 2.75) is 19.9 Å². The van der Waals surface area contributed by atoms with Crippen LogP contribution in [-0.2, 0) is 62.4 Å². The largest absolute Gasteiger partial charge is 1.00 e. The van der Waals surface area contributed by atoms with Crippen LogP contribution in [0, 0.1) is 70.8 Å². The fourth-order valence-corrected chi connectivity index (χ4v) is 7.67. The number of carboxylic acids is 2. The summed E-state index contributed by atoms with van der Waals surface area (Å²) in [5, 5.41) is 34.6. The van der Waals surface area contributed by atoms with Crippen LogP contribution in [0.15, 0.2) is 244 Å². The van der Waals surface area contributed by atoms with E-state index in [9.17, 15) is 44.7 Å². The Hall–Kier alpha value is -8.03. The Bertz CT molecular complexity index is 4180. The van der Waals surface area contributed by atoms with Crippen molar-refractivity contribution >= 4 is 42.2 Å². The molecule has 532 valence electrons. The van der Waals surface area contributed by atoms with Crippen LogP contribution in [0.4, 0.5) is 35.1 Å². The van der Waals surface area contributed by atoms with Crippen LogP contribution in [0.1, 0.15) is 52.1 Å². The van der Waals surface area contributed by atoms with E-state index in [0.717, 1.165) is 70.8 Å². The van der Waals surface area contributed by atoms with Gasteiger partial charge in [-0.1, -0.05) is 176 Å². The van der Waals surface area contributed by atoms with E-state index in [4.69, 9.17) is 41.7 Å². The van der Waals surface area contributed by atoms with E-state index in [2.05, 4.69) is 72.2 Å². The first-order chi connectivity index (χ1) is 47.8. The second-order valence-corrected chi connectivity index (χ2v) is 19.1. The molecule has 28 heteroatoms. The fraction of sp³-hybridized carbons (Fsp3) is 0.0395. The molecule has 0 fully saturated rings. The zero-order valence-corrected chi connectivity index (χ0v) is 65.8. The van der Waals surface area contributed by atoms with E-state index in [1.54, 1.807) is 116 Å². The molecule has 104 heavy (non-hydrogen) atoms. The van der Waals surface area contributed by atoms with Gasteiger partial charge in [-0.25, -0.2) is 19.6 Å². The molecule has 2 radical (unpaired) electrons. The molecule has 0 amide bonds. The van der Waals surface area contributed by atoms with Gasteiger partial charge in [0.1, 0.15) is 12.4 Å². The minimum Gasteiger partial charge on any atom is -1.00 e. The quantitative estimate of drug-likeness (QED) is 0.0185.